The highest BCUT2D eigenvalue weighted by Gasteiger charge is 2.39. The SMILES string of the molecule is CON=C1C[C@@H](C(=O)OC)N(C(=O)c2ccc(-c3ccccc3C)cc2)C1. The number of ether oxygens (including phenoxy) is 1. The fourth-order valence-corrected chi connectivity index (χ4v) is 3.31. The topological polar surface area (TPSA) is 68.2 Å². The van der Waals surface area contributed by atoms with Crippen molar-refractivity contribution in [1.82, 2.24) is 4.90 Å². The fraction of sp³-hybridized carbons (Fsp3) is 0.286. The molecule has 0 N–H and O–H groups in total. The zero-order valence-corrected chi connectivity index (χ0v) is 15.6. The maximum atomic E-state index is 13.0. The van der Waals surface area contributed by atoms with E-state index in [1.807, 2.05) is 30.3 Å². The van der Waals surface area contributed by atoms with E-state index in [-0.39, 0.29) is 12.5 Å². The fourth-order valence-electron chi connectivity index (χ4n) is 3.31. The minimum Gasteiger partial charge on any atom is -0.467 e. The van der Waals surface area contributed by atoms with Crippen molar-refractivity contribution >= 4 is 17.6 Å². The molecule has 0 saturated carbocycles. The Bertz CT molecular complexity index is 874. The Labute approximate surface area is 158 Å². The molecule has 140 valence electrons. The smallest absolute Gasteiger partial charge is 0.329 e. The van der Waals surface area contributed by atoms with Gasteiger partial charge in [0.05, 0.1) is 19.4 Å². The van der Waals surface area contributed by atoms with Crippen molar-refractivity contribution in [2.24, 2.45) is 5.16 Å². The summed E-state index contributed by atoms with van der Waals surface area (Å²) < 4.78 is 4.84. The minimum atomic E-state index is -0.688. The monoisotopic (exact) mass is 366 g/mol. The van der Waals surface area contributed by atoms with Crippen LogP contribution in [0.3, 0.4) is 0 Å². The lowest BCUT2D eigenvalue weighted by atomic mass is 9.99. The van der Waals surface area contributed by atoms with E-state index in [4.69, 9.17) is 9.57 Å². The van der Waals surface area contributed by atoms with E-state index in [0.29, 0.717) is 17.7 Å². The number of methoxy groups -OCH3 is 1. The number of carbonyl (C=O) groups excluding carboxylic acids is 2. The molecule has 1 saturated heterocycles. The van der Waals surface area contributed by atoms with Crippen LogP contribution in [0.1, 0.15) is 22.3 Å². The third-order valence-corrected chi connectivity index (χ3v) is 4.70. The molecule has 0 spiro atoms. The number of oxime groups is 1. The van der Waals surface area contributed by atoms with Gasteiger partial charge in [-0.15, -0.1) is 0 Å². The summed E-state index contributed by atoms with van der Waals surface area (Å²) in [5.74, 6) is -0.691. The average molecular weight is 366 g/mol. The second kappa shape index (κ2) is 8.03. The van der Waals surface area contributed by atoms with Gasteiger partial charge in [-0.25, -0.2) is 4.79 Å². The normalized spacial score (nSPS) is 17.8. The first-order chi connectivity index (χ1) is 13.0. The van der Waals surface area contributed by atoms with Crippen molar-refractivity contribution in [1.29, 1.82) is 0 Å². The highest BCUT2D eigenvalue weighted by Crippen LogP contribution is 2.25. The molecule has 0 unspecified atom stereocenters. The summed E-state index contributed by atoms with van der Waals surface area (Å²) >= 11 is 0. The molecular weight excluding hydrogens is 344 g/mol. The number of hydrogen-bond acceptors (Lipinski definition) is 5. The molecule has 0 bridgehead atoms. The minimum absolute atomic E-state index is 0.233. The molecule has 6 nitrogen and oxygen atoms in total. The van der Waals surface area contributed by atoms with Crippen LogP contribution in [0.25, 0.3) is 11.1 Å². The van der Waals surface area contributed by atoms with E-state index < -0.39 is 12.0 Å². The molecular formula is C21H22N2O4. The Kier molecular flexibility index (Phi) is 5.54. The molecule has 1 fully saturated rings. The van der Waals surface area contributed by atoms with E-state index in [1.54, 1.807) is 12.1 Å². The third kappa shape index (κ3) is 3.84. The van der Waals surface area contributed by atoms with Crippen molar-refractivity contribution in [2.45, 2.75) is 19.4 Å². The molecule has 1 heterocycles. The van der Waals surface area contributed by atoms with Gasteiger partial charge in [0, 0.05) is 12.0 Å². The zero-order valence-electron chi connectivity index (χ0n) is 15.6. The van der Waals surface area contributed by atoms with Crippen molar-refractivity contribution in [3.63, 3.8) is 0 Å². The van der Waals surface area contributed by atoms with Crippen LogP contribution in [-0.4, -0.2) is 49.3 Å². The van der Waals surface area contributed by atoms with Gasteiger partial charge in [0.2, 0.25) is 0 Å². The predicted molar refractivity (Wildman–Crippen MR) is 103 cm³/mol. The number of nitrogens with zero attached hydrogens (tertiary/aromatic N) is 2. The maximum absolute atomic E-state index is 13.0. The van der Waals surface area contributed by atoms with Crippen molar-refractivity contribution in [3.05, 3.63) is 59.7 Å². The van der Waals surface area contributed by atoms with Gasteiger partial charge in [-0.3, -0.25) is 4.79 Å². The second-order valence-corrected chi connectivity index (χ2v) is 6.41. The van der Waals surface area contributed by atoms with Crippen LogP contribution in [-0.2, 0) is 14.4 Å². The molecule has 0 aromatic heterocycles. The lowest BCUT2D eigenvalue weighted by Crippen LogP contribution is -2.41. The quantitative estimate of drug-likeness (QED) is 0.616. The molecule has 0 radical (unpaired) electrons. The van der Waals surface area contributed by atoms with Gasteiger partial charge in [0.25, 0.3) is 5.91 Å². The first-order valence-corrected chi connectivity index (χ1v) is 8.69. The maximum Gasteiger partial charge on any atom is 0.329 e. The van der Waals surface area contributed by atoms with E-state index >= 15 is 0 Å². The highest BCUT2D eigenvalue weighted by molar-refractivity contribution is 6.04. The van der Waals surface area contributed by atoms with E-state index in [0.717, 1.165) is 11.1 Å². The van der Waals surface area contributed by atoms with Crippen molar-refractivity contribution in [2.75, 3.05) is 20.8 Å². The number of hydrogen-bond donors (Lipinski definition) is 0. The number of aryl methyl sites for hydroxylation is 1. The Balaban J connectivity index is 1.85. The Morgan fingerprint density at radius 3 is 2.41 bits per heavy atom. The van der Waals surface area contributed by atoms with Crippen LogP contribution < -0.4 is 0 Å². The van der Waals surface area contributed by atoms with E-state index in [1.165, 1.54) is 24.7 Å². The molecule has 2 aromatic rings. The van der Waals surface area contributed by atoms with E-state index in [2.05, 4.69) is 18.1 Å². The Hall–Kier alpha value is -3.15. The first kappa shape index (κ1) is 18.6. The summed E-state index contributed by atoms with van der Waals surface area (Å²) in [6, 6.07) is 14.8. The zero-order chi connectivity index (χ0) is 19.4. The van der Waals surface area contributed by atoms with Crippen LogP contribution >= 0.6 is 0 Å². The van der Waals surface area contributed by atoms with Gasteiger partial charge in [-0.2, -0.15) is 0 Å². The van der Waals surface area contributed by atoms with E-state index in [9.17, 15) is 9.59 Å². The number of amides is 1. The first-order valence-electron chi connectivity index (χ1n) is 8.69. The molecule has 1 aliphatic heterocycles. The molecule has 3 rings (SSSR count). The third-order valence-electron chi connectivity index (χ3n) is 4.70. The largest absolute Gasteiger partial charge is 0.467 e. The van der Waals surface area contributed by atoms with Gasteiger partial charge >= 0.3 is 5.97 Å². The molecule has 0 aliphatic carbocycles. The van der Waals surface area contributed by atoms with Crippen molar-refractivity contribution in [3.8, 4) is 11.1 Å². The number of carbonyl (C=O) groups is 2. The van der Waals surface area contributed by atoms with Crippen LogP contribution in [0.5, 0.6) is 0 Å². The molecule has 1 amide bonds. The standard InChI is InChI=1S/C21H22N2O4/c1-14-6-4-5-7-18(14)15-8-10-16(11-9-15)20(24)23-13-17(22-27-3)12-19(23)21(25)26-2/h4-11,19H,12-13H2,1-3H3/t19-/m0/s1. The molecule has 6 heteroatoms. The van der Waals surface area contributed by atoms with Crippen LogP contribution in [0.2, 0.25) is 0 Å². The number of benzene rings is 2. The van der Waals surface area contributed by atoms with Crippen molar-refractivity contribution < 1.29 is 19.2 Å². The summed E-state index contributed by atoms with van der Waals surface area (Å²) in [4.78, 5) is 31.3. The van der Waals surface area contributed by atoms with Crippen LogP contribution in [0.15, 0.2) is 53.7 Å². The molecule has 1 aliphatic rings. The molecule has 27 heavy (non-hydrogen) atoms. The summed E-state index contributed by atoms with van der Waals surface area (Å²) in [7, 11) is 2.75. The number of likely N-dealkylation sites (tertiary alicyclic amines) is 1. The molecule has 2 aromatic carbocycles. The van der Waals surface area contributed by atoms with Gasteiger partial charge in [-0.1, -0.05) is 41.6 Å². The summed E-state index contributed by atoms with van der Waals surface area (Å²) in [6.07, 6.45) is 0.313. The van der Waals surface area contributed by atoms with Crippen LogP contribution in [0, 0.1) is 6.92 Å². The Morgan fingerprint density at radius 2 is 1.78 bits per heavy atom. The van der Waals surface area contributed by atoms with Gasteiger partial charge < -0.3 is 14.5 Å². The highest BCUT2D eigenvalue weighted by atomic mass is 16.6. The van der Waals surface area contributed by atoms with Gasteiger partial charge in [0.15, 0.2) is 0 Å². The lowest BCUT2D eigenvalue weighted by molar-refractivity contribution is -0.145. The molecule has 1 atom stereocenters. The summed E-state index contributed by atoms with van der Waals surface area (Å²) in [5, 5.41) is 3.90. The Morgan fingerprint density at radius 1 is 1.07 bits per heavy atom. The summed E-state index contributed by atoms with van der Waals surface area (Å²) in [6.45, 7) is 2.29. The summed E-state index contributed by atoms with van der Waals surface area (Å²) in [5.41, 5.74) is 4.48. The number of esters is 1. The second-order valence-electron chi connectivity index (χ2n) is 6.41. The van der Waals surface area contributed by atoms with Crippen LogP contribution in [0.4, 0.5) is 0 Å². The lowest BCUT2D eigenvalue weighted by Gasteiger charge is -2.22. The predicted octanol–water partition coefficient (Wildman–Crippen LogP) is 3.05. The van der Waals surface area contributed by atoms with Gasteiger partial charge in [0.1, 0.15) is 13.2 Å². The van der Waals surface area contributed by atoms with Gasteiger partial charge in [-0.05, 0) is 35.7 Å². The average Bonchev–Trinajstić information content (AvgIpc) is 3.11. The number of rotatable bonds is 4.